The van der Waals surface area contributed by atoms with Crippen LogP contribution in [0, 0.1) is 0 Å². The van der Waals surface area contributed by atoms with Crippen LogP contribution in [0.15, 0.2) is 42.6 Å². The maximum Gasteiger partial charge on any atom is 0.263 e. The minimum atomic E-state index is -0.138. The molecular formula is C22H25N5O2S. The number of fused-ring (bicyclic) bond motifs is 3. The third kappa shape index (κ3) is 3.86. The quantitative estimate of drug-likeness (QED) is 0.582. The van der Waals surface area contributed by atoms with E-state index in [1.165, 1.54) is 22.6 Å². The van der Waals surface area contributed by atoms with Crippen molar-refractivity contribution in [2.75, 3.05) is 43.4 Å². The van der Waals surface area contributed by atoms with Crippen molar-refractivity contribution >= 4 is 38.8 Å². The molecule has 156 valence electrons. The van der Waals surface area contributed by atoms with Crippen molar-refractivity contribution in [1.29, 1.82) is 0 Å². The molecule has 0 saturated carbocycles. The van der Waals surface area contributed by atoms with Gasteiger partial charge in [0, 0.05) is 50.0 Å². The van der Waals surface area contributed by atoms with Gasteiger partial charge in [0.25, 0.3) is 5.91 Å². The maximum absolute atomic E-state index is 12.5. The van der Waals surface area contributed by atoms with Crippen LogP contribution in [0.2, 0.25) is 0 Å². The molecule has 0 radical (unpaired) electrons. The molecule has 0 aliphatic carbocycles. The first-order valence-electron chi connectivity index (χ1n) is 10.3. The van der Waals surface area contributed by atoms with Gasteiger partial charge in [-0.25, -0.2) is 4.98 Å². The summed E-state index contributed by atoms with van der Waals surface area (Å²) in [6.45, 7) is 4.25. The summed E-state index contributed by atoms with van der Waals surface area (Å²) in [6, 6.07) is 12.3. The number of aromatic nitrogens is 1. The Balaban J connectivity index is 1.17. The predicted octanol–water partition coefficient (Wildman–Crippen LogP) is 2.03. The van der Waals surface area contributed by atoms with Crippen molar-refractivity contribution in [3.05, 3.63) is 53.0 Å². The number of ether oxygens (including phenoxy) is 1. The van der Waals surface area contributed by atoms with Crippen LogP contribution in [0.4, 0.5) is 11.4 Å². The second kappa shape index (κ2) is 8.22. The number of rotatable bonds is 5. The Morgan fingerprint density at radius 2 is 2.00 bits per heavy atom. The van der Waals surface area contributed by atoms with E-state index in [-0.39, 0.29) is 18.1 Å². The number of anilines is 2. The monoisotopic (exact) mass is 423 g/mol. The number of nitrogen functional groups attached to an aromatic ring is 1. The minimum Gasteiger partial charge on any atom is -0.397 e. The number of nitrogens with zero attached hydrogens (tertiary/aromatic N) is 2. The molecule has 30 heavy (non-hydrogen) atoms. The summed E-state index contributed by atoms with van der Waals surface area (Å²) < 4.78 is 5.98. The lowest BCUT2D eigenvalue weighted by atomic mass is 10.1. The molecule has 2 fully saturated rings. The number of pyridine rings is 1. The van der Waals surface area contributed by atoms with Crippen molar-refractivity contribution < 1.29 is 9.53 Å². The van der Waals surface area contributed by atoms with E-state index in [1.807, 2.05) is 12.1 Å². The van der Waals surface area contributed by atoms with E-state index in [4.69, 9.17) is 10.5 Å². The predicted molar refractivity (Wildman–Crippen MR) is 120 cm³/mol. The van der Waals surface area contributed by atoms with Gasteiger partial charge in [0.05, 0.1) is 17.9 Å². The van der Waals surface area contributed by atoms with Gasteiger partial charge in [-0.1, -0.05) is 12.1 Å². The van der Waals surface area contributed by atoms with Crippen LogP contribution >= 0.6 is 11.3 Å². The minimum absolute atomic E-state index is 0.138. The van der Waals surface area contributed by atoms with Crippen LogP contribution < -0.4 is 21.3 Å². The molecule has 4 heterocycles. The van der Waals surface area contributed by atoms with Crippen molar-refractivity contribution in [1.82, 2.24) is 15.6 Å². The zero-order valence-corrected chi connectivity index (χ0v) is 17.5. The number of carbonyl (C=O) groups excluding carboxylic acids is 1. The Morgan fingerprint density at radius 3 is 2.73 bits per heavy atom. The van der Waals surface area contributed by atoms with Crippen molar-refractivity contribution in [2.24, 2.45) is 0 Å². The highest BCUT2D eigenvalue weighted by Gasteiger charge is 2.31. The number of nitrogens with one attached hydrogen (secondary N) is 2. The van der Waals surface area contributed by atoms with Crippen LogP contribution in [0.1, 0.15) is 15.2 Å². The maximum atomic E-state index is 12.5. The number of thiophene rings is 1. The molecule has 3 aromatic rings. The molecule has 2 atom stereocenters. The summed E-state index contributed by atoms with van der Waals surface area (Å²) in [6.07, 6.45) is 3.02. The zero-order chi connectivity index (χ0) is 20.5. The number of hydrogen-bond acceptors (Lipinski definition) is 7. The van der Waals surface area contributed by atoms with Crippen LogP contribution in [0.3, 0.4) is 0 Å². The number of amides is 1. The van der Waals surface area contributed by atoms with Gasteiger partial charge in [0.15, 0.2) is 0 Å². The Bertz CT molecular complexity index is 1040. The van der Waals surface area contributed by atoms with Gasteiger partial charge < -0.3 is 26.0 Å². The molecule has 2 unspecified atom stereocenters. The standard InChI is InChI=1S/C22H25N5O2S/c23-19-18-2-1-8-26-22(18)30-20(19)21(28)25-9-7-14-3-5-15(6-4-14)27-12-16-10-24-11-17(13-27)29-16/h1-6,8,16-17,24H,7,9-13,23H2,(H,25,28). The lowest BCUT2D eigenvalue weighted by Crippen LogP contribution is -2.58. The molecule has 1 amide bonds. The van der Waals surface area contributed by atoms with Crippen LogP contribution in [-0.2, 0) is 11.2 Å². The summed E-state index contributed by atoms with van der Waals surface area (Å²) in [5, 5.41) is 7.25. The molecule has 4 N–H and O–H groups in total. The number of carbonyl (C=O) groups is 1. The first-order valence-corrected chi connectivity index (χ1v) is 11.1. The van der Waals surface area contributed by atoms with E-state index >= 15 is 0 Å². The number of hydrogen-bond donors (Lipinski definition) is 3. The lowest BCUT2D eigenvalue weighted by Gasteiger charge is -2.42. The highest BCUT2D eigenvalue weighted by atomic mass is 32.1. The number of benzene rings is 1. The van der Waals surface area contributed by atoms with E-state index in [9.17, 15) is 4.79 Å². The Morgan fingerprint density at radius 1 is 1.23 bits per heavy atom. The average Bonchev–Trinajstić information content (AvgIpc) is 3.11. The largest absolute Gasteiger partial charge is 0.397 e. The molecule has 8 heteroatoms. The van der Waals surface area contributed by atoms with Gasteiger partial charge in [-0.05, 0) is 36.2 Å². The summed E-state index contributed by atoms with van der Waals surface area (Å²) in [7, 11) is 0. The third-order valence-corrected chi connectivity index (χ3v) is 6.82. The fourth-order valence-electron chi connectivity index (χ4n) is 4.16. The van der Waals surface area contributed by atoms with Crippen molar-refractivity contribution in [3.8, 4) is 0 Å². The van der Waals surface area contributed by atoms with Gasteiger partial charge in [-0.3, -0.25) is 4.79 Å². The summed E-state index contributed by atoms with van der Waals surface area (Å²) in [5.41, 5.74) is 9.07. The van der Waals surface area contributed by atoms with Crippen LogP contribution in [0.5, 0.6) is 0 Å². The third-order valence-electron chi connectivity index (χ3n) is 5.69. The SMILES string of the molecule is Nc1c(C(=O)NCCc2ccc(N3CC4CNCC(C3)O4)cc2)sc2ncccc12. The molecule has 0 spiro atoms. The molecule has 2 aromatic heterocycles. The van der Waals surface area contributed by atoms with Crippen molar-refractivity contribution in [2.45, 2.75) is 18.6 Å². The summed E-state index contributed by atoms with van der Waals surface area (Å²) in [5.74, 6) is -0.138. The van der Waals surface area contributed by atoms with Gasteiger partial charge in [0.1, 0.15) is 9.71 Å². The number of morpholine rings is 2. The van der Waals surface area contributed by atoms with E-state index in [0.717, 1.165) is 42.8 Å². The van der Waals surface area contributed by atoms with E-state index in [2.05, 4.69) is 44.8 Å². The first kappa shape index (κ1) is 19.3. The Kier molecular flexibility index (Phi) is 5.28. The number of nitrogens with two attached hydrogens (primary N) is 1. The highest BCUT2D eigenvalue weighted by molar-refractivity contribution is 7.21. The fourth-order valence-corrected chi connectivity index (χ4v) is 5.14. The fraction of sp³-hybridized carbons (Fsp3) is 0.364. The first-order chi connectivity index (χ1) is 14.7. The Hall–Kier alpha value is -2.68. The average molecular weight is 424 g/mol. The smallest absolute Gasteiger partial charge is 0.263 e. The molecule has 2 aliphatic rings. The van der Waals surface area contributed by atoms with Gasteiger partial charge in [-0.2, -0.15) is 0 Å². The van der Waals surface area contributed by atoms with Gasteiger partial charge in [-0.15, -0.1) is 11.3 Å². The molecule has 5 rings (SSSR count). The Labute approximate surface area is 179 Å². The van der Waals surface area contributed by atoms with Crippen LogP contribution in [-0.4, -0.2) is 55.8 Å². The molecule has 2 bridgehead atoms. The lowest BCUT2D eigenvalue weighted by molar-refractivity contribution is -0.0483. The van der Waals surface area contributed by atoms with E-state index in [1.54, 1.807) is 6.20 Å². The molecule has 7 nitrogen and oxygen atoms in total. The van der Waals surface area contributed by atoms with E-state index in [0.29, 0.717) is 17.1 Å². The van der Waals surface area contributed by atoms with Crippen LogP contribution in [0.25, 0.3) is 10.2 Å². The summed E-state index contributed by atoms with van der Waals surface area (Å²) >= 11 is 1.33. The normalized spacial score (nSPS) is 21.0. The van der Waals surface area contributed by atoms with Crippen molar-refractivity contribution in [3.63, 3.8) is 0 Å². The second-order valence-corrected chi connectivity index (χ2v) is 8.82. The second-order valence-electron chi connectivity index (χ2n) is 7.82. The molecule has 2 aliphatic heterocycles. The van der Waals surface area contributed by atoms with Gasteiger partial charge in [0.2, 0.25) is 0 Å². The topological polar surface area (TPSA) is 92.5 Å². The zero-order valence-electron chi connectivity index (χ0n) is 16.6. The van der Waals surface area contributed by atoms with E-state index < -0.39 is 0 Å². The molecular weight excluding hydrogens is 398 g/mol. The highest BCUT2D eigenvalue weighted by Crippen LogP contribution is 2.31. The molecule has 1 aromatic carbocycles. The molecule has 2 saturated heterocycles. The summed E-state index contributed by atoms with van der Waals surface area (Å²) in [4.78, 5) is 20.6. The van der Waals surface area contributed by atoms with Gasteiger partial charge >= 0.3 is 0 Å².